The molecular formula is C16H31N3O3. The molecule has 6 heteroatoms. The Kier molecular flexibility index (Phi) is 9.62. The molecule has 1 aliphatic carbocycles. The number of carbonyl (C=O) groups is 2. The summed E-state index contributed by atoms with van der Waals surface area (Å²) < 4.78 is 4.97. The van der Waals surface area contributed by atoms with Crippen molar-refractivity contribution >= 4 is 11.9 Å². The first kappa shape index (κ1) is 18.7. The Hall–Kier alpha value is -1.30. The van der Waals surface area contributed by atoms with Crippen molar-refractivity contribution in [3.05, 3.63) is 0 Å². The first-order chi connectivity index (χ1) is 10.6. The van der Waals surface area contributed by atoms with Gasteiger partial charge in [0.25, 0.3) is 0 Å². The van der Waals surface area contributed by atoms with Crippen LogP contribution in [0, 0.1) is 0 Å². The molecule has 0 heterocycles. The van der Waals surface area contributed by atoms with E-state index in [0.717, 1.165) is 19.3 Å². The van der Waals surface area contributed by atoms with Gasteiger partial charge in [0, 0.05) is 46.3 Å². The van der Waals surface area contributed by atoms with Crippen LogP contribution in [-0.2, 0) is 9.53 Å². The molecule has 22 heavy (non-hydrogen) atoms. The number of nitrogens with one attached hydrogen (secondary N) is 2. The van der Waals surface area contributed by atoms with Gasteiger partial charge >= 0.3 is 6.03 Å². The Balaban J connectivity index is 2.03. The molecule has 0 aromatic rings. The minimum Gasteiger partial charge on any atom is -0.385 e. The van der Waals surface area contributed by atoms with Crippen LogP contribution in [0.25, 0.3) is 0 Å². The summed E-state index contributed by atoms with van der Waals surface area (Å²) in [4.78, 5) is 25.3. The van der Waals surface area contributed by atoms with Crippen molar-refractivity contribution < 1.29 is 14.3 Å². The number of ether oxygens (including phenoxy) is 1. The van der Waals surface area contributed by atoms with Crippen molar-refractivity contribution in [3.8, 4) is 0 Å². The smallest absolute Gasteiger partial charge is 0.315 e. The van der Waals surface area contributed by atoms with Gasteiger partial charge in [-0.1, -0.05) is 19.3 Å². The molecule has 128 valence electrons. The predicted octanol–water partition coefficient (Wildman–Crippen LogP) is 1.89. The zero-order valence-electron chi connectivity index (χ0n) is 14.0. The fourth-order valence-corrected chi connectivity index (χ4v) is 2.69. The molecule has 0 aromatic heterocycles. The summed E-state index contributed by atoms with van der Waals surface area (Å²) in [5.74, 6) is 0.116. The minimum absolute atomic E-state index is 0.104. The molecule has 1 fully saturated rings. The third-order valence-corrected chi connectivity index (χ3v) is 4.06. The molecule has 0 spiro atoms. The van der Waals surface area contributed by atoms with Crippen LogP contribution >= 0.6 is 0 Å². The summed E-state index contributed by atoms with van der Waals surface area (Å²) in [6, 6.07) is 0.218. The van der Waals surface area contributed by atoms with Gasteiger partial charge in [-0.15, -0.1) is 0 Å². The van der Waals surface area contributed by atoms with Crippen LogP contribution in [0.1, 0.15) is 51.4 Å². The fraction of sp³-hybridized carbons (Fsp3) is 0.875. The predicted molar refractivity (Wildman–Crippen MR) is 86.8 cm³/mol. The Morgan fingerprint density at radius 1 is 1.18 bits per heavy atom. The molecule has 1 saturated carbocycles. The monoisotopic (exact) mass is 313 g/mol. The average Bonchev–Trinajstić information content (AvgIpc) is 2.52. The Bertz CT molecular complexity index is 331. The second-order valence-corrected chi connectivity index (χ2v) is 6.00. The van der Waals surface area contributed by atoms with Gasteiger partial charge in [-0.25, -0.2) is 4.79 Å². The molecule has 0 saturated heterocycles. The third-order valence-electron chi connectivity index (χ3n) is 4.06. The molecule has 6 nitrogen and oxygen atoms in total. The summed E-state index contributed by atoms with van der Waals surface area (Å²) in [5.41, 5.74) is 0. The molecule has 0 radical (unpaired) electrons. The van der Waals surface area contributed by atoms with E-state index in [1.165, 1.54) is 19.3 Å². The quantitative estimate of drug-likeness (QED) is 0.639. The van der Waals surface area contributed by atoms with Crippen LogP contribution < -0.4 is 10.6 Å². The Morgan fingerprint density at radius 2 is 1.91 bits per heavy atom. The topological polar surface area (TPSA) is 70.7 Å². The number of methoxy groups -OCH3 is 1. The third kappa shape index (κ3) is 8.22. The highest BCUT2D eigenvalue weighted by Crippen LogP contribution is 2.17. The standard InChI is InChI=1S/C16H31N3O3/c1-19(12-7-13-22-2)15(20)10-6-11-17-16(21)18-14-8-4-3-5-9-14/h14H,3-13H2,1-2H3,(H2,17,18,21). The van der Waals surface area contributed by atoms with Crippen molar-refractivity contribution in [3.63, 3.8) is 0 Å². The summed E-state index contributed by atoms with van der Waals surface area (Å²) in [5, 5.41) is 5.84. The molecule has 1 aliphatic rings. The largest absolute Gasteiger partial charge is 0.385 e. The van der Waals surface area contributed by atoms with E-state index in [4.69, 9.17) is 4.74 Å². The number of hydrogen-bond donors (Lipinski definition) is 2. The van der Waals surface area contributed by atoms with Gasteiger partial charge in [-0.3, -0.25) is 4.79 Å². The van der Waals surface area contributed by atoms with E-state index in [1.54, 1.807) is 19.1 Å². The lowest BCUT2D eigenvalue weighted by atomic mass is 9.96. The van der Waals surface area contributed by atoms with E-state index in [2.05, 4.69) is 10.6 Å². The number of nitrogens with zero attached hydrogens (tertiary/aromatic N) is 1. The molecule has 3 amide bonds. The Morgan fingerprint density at radius 3 is 2.59 bits per heavy atom. The van der Waals surface area contributed by atoms with Crippen molar-refractivity contribution in [1.29, 1.82) is 0 Å². The first-order valence-corrected chi connectivity index (χ1v) is 8.40. The molecule has 0 aliphatic heterocycles. The second kappa shape index (κ2) is 11.3. The zero-order valence-corrected chi connectivity index (χ0v) is 14.0. The lowest BCUT2D eigenvalue weighted by Gasteiger charge is -2.22. The lowest BCUT2D eigenvalue weighted by molar-refractivity contribution is -0.130. The van der Waals surface area contributed by atoms with Gasteiger partial charge in [-0.05, 0) is 25.7 Å². The average molecular weight is 313 g/mol. The van der Waals surface area contributed by atoms with Crippen molar-refractivity contribution in [1.82, 2.24) is 15.5 Å². The van der Waals surface area contributed by atoms with Gasteiger partial charge in [0.15, 0.2) is 0 Å². The summed E-state index contributed by atoms with van der Waals surface area (Å²) in [7, 11) is 3.47. The van der Waals surface area contributed by atoms with Crippen LogP contribution in [0.4, 0.5) is 4.79 Å². The highest BCUT2D eigenvalue weighted by molar-refractivity contribution is 5.76. The van der Waals surface area contributed by atoms with E-state index in [-0.39, 0.29) is 11.9 Å². The van der Waals surface area contributed by atoms with Crippen LogP contribution in [-0.4, -0.2) is 56.7 Å². The highest BCUT2D eigenvalue weighted by Gasteiger charge is 2.15. The van der Waals surface area contributed by atoms with Crippen molar-refractivity contribution in [2.24, 2.45) is 0 Å². The van der Waals surface area contributed by atoms with Crippen LogP contribution in [0.5, 0.6) is 0 Å². The van der Waals surface area contributed by atoms with E-state index < -0.39 is 0 Å². The minimum atomic E-state index is -0.104. The molecule has 0 unspecified atom stereocenters. The van der Waals surface area contributed by atoms with Crippen LogP contribution in [0.3, 0.4) is 0 Å². The van der Waals surface area contributed by atoms with Gasteiger partial charge < -0.3 is 20.3 Å². The number of urea groups is 1. The van der Waals surface area contributed by atoms with Crippen molar-refractivity contribution in [2.45, 2.75) is 57.4 Å². The van der Waals surface area contributed by atoms with E-state index >= 15 is 0 Å². The zero-order chi connectivity index (χ0) is 16.2. The second-order valence-electron chi connectivity index (χ2n) is 6.00. The molecule has 0 aromatic carbocycles. The molecule has 0 atom stereocenters. The molecular weight excluding hydrogens is 282 g/mol. The summed E-state index contributed by atoms with van der Waals surface area (Å²) in [6.07, 6.45) is 7.83. The fourth-order valence-electron chi connectivity index (χ4n) is 2.69. The maximum Gasteiger partial charge on any atom is 0.315 e. The molecule has 2 N–H and O–H groups in total. The van der Waals surface area contributed by atoms with Crippen LogP contribution in [0.15, 0.2) is 0 Å². The highest BCUT2D eigenvalue weighted by atomic mass is 16.5. The van der Waals surface area contributed by atoms with E-state index in [9.17, 15) is 9.59 Å². The number of hydrogen-bond acceptors (Lipinski definition) is 3. The lowest BCUT2D eigenvalue weighted by Crippen LogP contribution is -2.43. The van der Waals surface area contributed by atoms with E-state index in [0.29, 0.717) is 38.6 Å². The number of carbonyl (C=O) groups excluding carboxylic acids is 2. The van der Waals surface area contributed by atoms with Gasteiger partial charge in [0.05, 0.1) is 0 Å². The number of rotatable bonds is 9. The SMILES string of the molecule is COCCCN(C)C(=O)CCCNC(=O)NC1CCCCC1. The first-order valence-electron chi connectivity index (χ1n) is 8.40. The van der Waals surface area contributed by atoms with Crippen molar-refractivity contribution in [2.75, 3.05) is 33.9 Å². The normalized spacial score (nSPS) is 15.4. The Labute approximate surface area is 134 Å². The molecule has 1 rings (SSSR count). The van der Waals surface area contributed by atoms with E-state index in [1.807, 2.05) is 0 Å². The maximum atomic E-state index is 11.9. The number of amides is 3. The van der Waals surface area contributed by atoms with Gasteiger partial charge in [-0.2, -0.15) is 0 Å². The summed E-state index contributed by atoms with van der Waals surface area (Å²) >= 11 is 0. The van der Waals surface area contributed by atoms with Gasteiger partial charge in [0.1, 0.15) is 0 Å². The summed E-state index contributed by atoms with van der Waals surface area (Å²) in [6.45, 7) is 1.92. The molecule has 0 bridgehead atoms. The van der Waals surface area contributed by atoms with Crippen LogP contribution in [0.2, 0.25) is 0 Å². The van der Waals surface area contributed by atoms with Gasteiger partial charge in [0.2, 0.25) is 5.91 Å². The maximum absolute atomic E-state index is 11.9.